The minimum absolute atomic E-state index is 0. The van der Waals surface area contributed by atoms with Crippen LogP contribution in [0.5, 0.6) is 0 Å². The highest BCUT2D eigenvalue weighted by molar-refractivity contribution is 14.0. The fourth-order valence-electron chi connectivity index (χ4n) is 4.92. The molecular weight excluding hydrogens is 451 g/mol. The molecule has 1 saturated carbocycles. The first-order valence-electron chi connectivity index (χ1n) is 10.0. The summed E-state index contributed by atoms with van der Waals surface area (Å²) in [5.74, 6) is 3.41. The van der Waals surface area contributed by atoms with Gasteiger partial charge in [-0.25, -0.2) is 0 Å². The van der Waals surface area contributed by atoms with E-state index in [2.05, 4.69) is 39.9 Å². The molecule has 1 aromatic rings. The van der Waals surface area contributed by atoms with Crippen LogP contribution in [-0.2, 0) is 11.2 Å². The van der Waals surface area contributed by atoms with Gasteiger partial charge in [-0.1, -0.05) is 31.2 Å². The predicted octanol–water partition coefficient (Wildman–Crippen LogP) is 2.76. The van der Waals surface area contributed by atoms with Gasteiger partial charge in [-0.2, -0.15) is 0 Å². The Bertz CT molecular complexity index is 707. The van der Waals surface area contributed by atoms with Crippen molar-refractivity contribution in [1.82, 2.24) is 15.5 Å². The van der Waals surface area contributed by atoms with Gasteiger partial charge in [0, 0.05) is 39.1 Å². The number of likely N-dealkylation sites (tertiary alicyclic amines) is 1. The number of hydrogen-bond donors (Lipinski definition) is 2. The number of benzene rings is 1. The quantitative estimate of drug-likeness (QED) is 0.394. The zero-order valence-corrected chi connectivity index (χ0v) is 18.6. The Kier molecular flexibility index (Phi) is 6.65. The molecular formula is C21H31IN4O. The molecule has 4 unspecified atom stereocenters. The van der Waals surface area contributed by atoms with Gasteiger partial charge in [0.1, 0.15) is 0 Å². The second-order valence-corrected chi connectivity index (χ2v) is 7.87. The van der Waals surface area contributed by atoms with E-state index in [0.29, 0.717) is 12.5 Å². The highest BCUT2D eigenvalue weighted by Gasteiger charge is 2.52. The van der Waals surface area contributed by atoms with E-state index in [-0.39, 0.29) is 29.9 Å². The van der Waals surface area contributed by atoms with Gasteiger partial charge in [0.05, 0.1) is 0 Å². The predicted molar refractivity (Wildman–Crippen MR) is 120 cm³/mol. The molecule has 0 spiro atoms. The monoisotopic (exact) mass is 482 g/mol. The summed E-state index contributed by atoms with van der Waals surface area (Å²) in [6.07, 6.45) is 4.13. The third-order valence-electron chi connectivity index (χ3n) is 6.41. The number of nitrogens with zero attached hydrogens (tertiary/aromatic N) is 2. The Morgan fingerprint density at radius 2 is 2.11 bits per heavy atom. The van der Waals surface area contributed by atoms with Crippen molar-refractivity contribution in [3.8, 4) is 0 Å². The zero-order valence-electron chi connectivity index (χ0n) is 16.3. The van der Waals surface area contributed by atoms with Crippen molar-refractivity contribution >= 4 is 35.8 Å². The molecule has 0 radical (unpaired) electrons. The molecule has 4 rings (SSSR count). The van der Waals surface area contributed by atoms with E-state index < -0.39 is 0 Å². The highest BCUT2D eigenvalue weighted by Crippen LogP contribution is 2.59. The molecule has 1 heterocycles. The normalized spacial score (nSPS) is 28.7. The van der Waals surface area contributed by atoms with E-state index in [0.717, 1.165) is 49.8 Å². The van der Waals surface area contributed by atoms with E-state index in [1.165, 1.54) is 12.8 Å². The van der Waals surface area contributed by atoms with Crippen LogP contribution in [-0.4, -0.2) is 49.5 Å². The Hall–Kier alpha value is -1.31. The third kappa shape index (κ3) is 4.25. The van der Waals surface area contributed by atoms with Crippen molar-refractivity contribution in [2.75, 3.05) is 26.7 Å². The van der Waals surface area contributed by atoms with E-state index in [1.807, 2.05) is 18.9 Å². The second-order valence-electron chi connectivity index (χ2n) is 7.87. The maximum absolute atomic E-state index is 11.8. The number of nitrogens with one attached hydrogen (secondary N) is 2. The molecule has 1 aliphatic heterocycles. The van der Waals surface area contributed by atoms with E-state index in [4.69, 9.17) is 0 Å². The first-order valence-corrected chi connectivity index (χ1v) is 10.0. The lowest BCUT2D eigenvalue weighted by Crippen LogP contribution is -2.45. The molecule has 5 nitrogen and oxygen atoms in total. The number of fused-ring (bicyclic) bond motifs is 3. The summed E-state index contributed by atoms with van der Waals surface area (Å²) < 4.78 is 0. The standard InChI is InChI=1S/C21H30N4O.HI/c1-3-19(26)25-11-10-15(13-25)24-21(22-2)23-12-18-17-9-8-14-6-4-5-7-16(14)20(17)18;/h4-7,15,17-18,20H,3,8-13H2,1-2H3,(H2,22,23,24);1H. The lowest BCUT2D eigenvalue weighted by Gasteiger charge is -2.18. The summed E-state index contributed by atoms with van der Waals surface area (Å²) in [4.78, 5) is 18.2. The van der Waals surface area contributed by atoms with Gasteiger partial charge in [0.25, 0.3) is 0 Å². The molecule has 0 bridgehead atoms. The maximum Gasteiger partial charge on any atom is 0.222 e. The van der Waals surface area contributed by atoms with Crippen molar-refractivity contribution in [2.45, 2.75) is 44.6 Å². The van der Waals surface area contributed by atoms with Crippen LogP contribution in [0.25, 0.3) is 0 Å². The third-order valence-corrected chi connectivity index (χ3v) is 6.41. The van der Waals surface area contributed by atoms with Gasteiger partial charge in [-0.3, -0.25) is 9.79 Å². The smallest absolute Gasteiger partial charge is 0.222 e. The van der Waals surface area contributed by atoms with Crippen LogP contribution in [0.4, 0.5) is 0 Å². The van der Waals surface area contributed by atoms with Crippen molar-refractivity contribution in [3.63, 3.8) is 0 Å². The number of guanidine groups is 1. The van der Waals surface area contributed by atoms with E-state index in [9.17, 15) is 4.79 Å². The summed E-state index contributed by atoms with van der Waals surface area (Å²) in [6, 6.07) is 9.25. The van der Waals surface area contributed by atoms with Gasteiger partial charge in [-0.05, 0) is 48.1 Å². The van der Waals surface area contributed by atoms with Crippen LogP contribution in [0.2, 0.25) is 0 Å². The van der Waals surface area contributed by atoms with Crippen LogP contribution in [0, 0.1) is 11.8 Å². The molecule has 3 aliphatic rings. The number of aryl methyl sites for hydroxylation is 1. The molecule has 27 heavy (non-hydrogen) atoms. The van der Waals surface area contributed by atoms with Crippen LogP contribution < -0.4 is 10.6 Å². The number of halogens is 1. The number of rotatable bonds is 4. The van der Waals surface area contributed by atoms with Crippen molar-refractivity contribution < 1.29 is 4.79 Å². The summed E-state index contributed by atoms with van der Waals surface area (Å²) >= 11 is 0. The van der Waals surface area contributed by atoms with Gasteiger partial charge in [0.15, 0.2) is 5.96 Å². The molecule has 2 N–H and O–H groups in total. The molecule has 1 amide bonds. The molecule has 2 fully saturated rings. The second kappa shape index (κ2) is 8.80. The zero-order chi connectivity index (χ0) is 18.1. The molecule has 0 aromatic heterocycles. The van der Waals surface area contributed by atoms with Crippen molar-refractivity contribution in [1.29, 1.82) is 0 Å². The van der Waals surface area contributed by atoms with Crippen LogP contribution in [0.1, 0.15) is 43.2 Å². The van der Waals surface area contributed by atoms with Crippen LogP contribution in [0.3, 0.4) is 0 Å². The lowest BCUT2D eigenvalue weighted by molar-refractivity contribution is -0.129. The number of hydrogen-bond acceptors (Lipinski definition) is 2. The Labute approximate surface area is 179 Å². The molecule has 148 valence electrons. The summed E-state index contributed by atoms with van der Waals surface area (Å²) in [7, 11) is 1.83. The van der Waals surface area contributed by atoms with Gasteiger partial charge in [0.2, 0.25) is 5.91 Å². The summed E-state index contributed by atoms with van der Waals surface area (Å²) in [5.41, 5.74) is 3.12. The summed E-state index contributed by atoms with van der Waals surface area (Å²) in [5, 5.41) is 7.04. The highest BCUT2D eigenvalue weighted by atomic mass is 127. The number of carbonyl (C=O) groups is 1. The SMILES string of the molecule is CCC(=O)N1CCC(NC(=NC)NCC2C3CCc4ccccc4C32)C1.I. The Morgan fingerprint density at radius 3 is 2.89 bits per heavy atom. The molecule has 4 atom stereocenters. The van der Waals surface area contributed by atoms with Crippen LogP contribution in [0.15, 0.2) is 29.3 Å². The number of amides is 1. The first kappa shape index (κ1) is 20.4. The Balaban J connectivity index is 0.00000210. The minimum Gasteiger partial charge on any atom is -0.356 e. The molecule has 1 saturated heterocycles. The van der Waals surface area contributed by atoms with Gasteiger partial charge >= 0.3 is 0 Å². The number of carbonyl (C=O) groups excluding carboxylic acids is 1. The van der Waals surface area contributed by atoms with Gasteiger partial charge in [-0.15, -0.1) is 24.0 Å². The number of aliphatic imine (C=N–C) groups is 1. The first-order chi connectivity index (χ1) is 12.7. The minimum atomic E-state index is 0. The summed E-state index contributed by atoms with van der Waals surface area (Å²) in [6.45, 7) is 4.55. The molecule has 2 aliphatic carbocycles. The Morgan fingerprint density at radius 1 is 1.30 bits per heavy atom. The van der Waals surface area contributed by atoms with Gasteiger partial charge < -0.3 is 15.5 Å². The molecule has 6 heteroatoms. The van der Waals surface area contributed by atoms with Crippen molar-refractivity contribution in [3.05, 3.63) is 35.4 Å². The van der Waals surface area contributed by atoms with E-state index in [1.54, 1.807) is 11.1 Å². The maximum atomic E-state index is 11.8. The van der Waals surface area contributed by atoms with Crippen molar-refractivity contribution in [2.24, 2.45) is 16.8 Å². The van der Waals surface area contributed by atoms with Crippen LogP contribution >= 0.6 is 24.0 Å². The lowest BCUT2D eigenvalue weighted by atomic mass is 9.92. The average molecular weight is 482 g/mol. The van der Waals surface area contributed by atoms with E-state index >= 15 is 0 Å². The fraction of sp³-hybridized carbons (Fsp3) is 0.619. The topological polar surface area (TPSA) is 56.7 Å². The largest absolute Gasteiger partial charge is 0.356 e. The molecule has 1 aromatic carbocycles. The average Bonchev–Trinajstić information content (AvgIpc) is 3.21. The fourth-order valence-corrected chi connectivity index (χ4v) is 4.92.